The lowest BCUT2D eigenvalue weighted by Crippen LogP contribution is -2.60. The fraction of sp³-hybridized carbons (Fsp3) is 0.833. The van der Waals surface area contributed by atoms with Gasteiger partial charge in [0.2, 0.25) is 5.91 Å². The Balaban J connectivity index is 2.31. The summed E-state index contributed by atoms with van der Waals surface area (Å²) >= 11 is 0. The lowest BCUT2D eigenvalue weighted by molar-refractivity contribution is -0.236. The van der Waals surface area contributed by atoms with Gasteiger partial charge in [-0.25, -0.2) is 4.79 Å². The van der Waals surface area contributed by atoms with E-state index in [1.54, 1.807) is 0 Å². The molecule has 1 amide bonds. The second-order valence-electron chi connectivity index (χ2n) is 5.16. The first-order valence-corrected chi connectivity index (χ1v) is 6.52. The van der Waals surface area contributed by atoms with Crippen LogP contribution in [0.5, 0.6) is 0 Å². The van der Waals surface area contributed by atoms with Crippen molar-refractivity contribution in [2.45, 2.75) is 49.6 Å². The predicted molar refractivity (Wildman–Crippen MR) is 65.8 cm³/mol. The minimum Gasteiger partial charge on any atom is -0.465 e. The number of rotatable bonds is 4. The van der Waals surface area contributed by atoms with Crippen molar-refractivity contribution in [3.8, 4) is 0 Å². The van der Waals surface area contributed by atoms with Gasteiger partial charge in [0.1, 0.15) is 18.3 Å². The third kappa shape index (κ3) is 2.74. The largest absolute Gasteiger partial charge is 0.465 e. The average molecular weight is 305 g/mol. The van der Waals surface area contributed by atoms with Crippen molar-refractivity contribution in [2.75, 3.05) is 13.7 Å². The monoisotopic (exact) mass is 305 g/mol. The Morgan fingerprint density at radius 2 is 2.14 bits per heavy atom. The molecule has 2 bridgehead atoms. The highest BCUT2D eigenvalue weighted by atomic mass is 16.8. The van der Waals surface area contributed by atoms with Crippen LogP contribution in [0.3, 0.4) is 0 Å². The van der Waals surface area contributed by atoms with Crippen LogP contribution >= 0.6 is 0 Å². The van der Waals surface area contributed by atoms with Crippen molar-refractivity contribution in [3.05, 3.63) is 0 Å². The van der Waals surface area contributed by atoms with Crippen molar-refractivity contribution in [3.63, 3.8) is 0 Å². The van der Waals surface area contributed by atoms with E-state index < -0.39 is 54.7 Å². The first-order chi connectivity index (χ1) is 9.84. The SMILES string of the molecule is COC(=O)[C@@]12C[C@H](O)[C@@H](NC(C)=O)[C@@H](O1)[C@@H]([C@H](O)CO)O2. The van der Waals surface area contributed by atoms with Crippen LogP contribution in [0.2, 0.25) is 0 Å². The van der Waals surface area contributed by atoms with Crippen molar-refractivity contribution in [1.82, 2.24) is 5.32 Å². The van der Waals surface area contributed by atoms with Crippen molar-refractivity contribution in [2.24, 2.45) is 0 Å². The van der Waals surface area contributed by atoms with E-state index in [0.29, 0.717) is 0 Å². The van der Waals surface area contributed by atoms with Gasteiger partial charge in [0, 0.05) is 13.3 Å². The zero-order valence-electron chi connectivity index (χ0n) is 11.7. The van der Waals surface area contributed by atoms with Crippen LogP contribution in [0, 0.1) is 0 Å². The predicted octanol–water partition coefficient (Wildman–Crippen LogP) is -2.74. The molecule has 2 rings (SSSR count). The van der Waals surface area contributed by atoms with E-state index in [0.717, 1.165) is 7.11 Å². The van der Waals surface area contributed by atoms with E-state index in [-0.39, 0.29) is 6.42 Å². The number of nitrogens with one attached hydrogen (secondary N) is 1. The maximum Gasteiger partial charge on any atom is 0.366 e. The Morgan fingerprint density at radius 3 is 2.67 bits per heavy atom. The Labute approximate surface area is 120 Å². The van der Waals surface area contributed by atoms with Gasteiger partial charge in [-0.2, -0.15) is 0 Å². The summed E-state index contributed by atoms with van der Waals surface area (Å²) in [5, 5.41) is 31.5. The summed E-state index contributed by atoms with van der Waals surface area (Å²) in [4.78, 5) is 23.1. The third-order valence-electron chi connectivity index (χ3n) is 3.66. The minimum absolute atomic E-state index is 0.254. The zero-order chi connectivity index (χ0) is 15.8. The van der Waals surface area contributed by atoms with E-state index in [9.17, 15) is 19.8 Å². The number of esters is 1. The molecule has 2 fully saturated rings. The Bertz CT molecular complexity index is 429. The number of hydrogen-bond donors (Lipinski definition) is 4. The number of methoxy groups -OCH3 is 1. The first-order valence-electron chi connectivity index (χ1n) is 6.52. The quantitative estimate of drug-likeness (QED) is 0.411. The van der Waals surface area contributed by atoms with Gasteiger partial charge in [0.25, 0.3) is 5.79 Å². The van der Waals surface area contributed by atoms with E-state index >= 15 is 0 Å². The highest BCUT2D eigenvalue weighted by molar-refractivity contribution is 5.79. The highest BCUT2D eigenvalue weighted by Crippen LogP contribution is 2.42. The zero-order valence-corrected chi connectivity index (χ0v) is 11.7. The van der Waals surface area contributed by atoms with Crippen LogP contribution < -0.4 is 5.32 Å². The molecule has 0 unspecified atom stereocenters. The van der Waals surface area contributed by atoms with E-state index in [4.69, 9.17) is 14.6 Å². The molecule has 0 aromatic carbocycles. The second-order valence-corrected chi connectivity index (χ2v) is 5.16. The Morgan fingerprint density at radius 1 is 1.48 bits per heavy atom. The maximum absolute atomic E-state index is 11.9. The molecule has 2 aliphatic rings. The summed E-state index contributed by atoms with van der Waals surface area (Å²) < 4.78 is 15.6. The van der Waals surface area contributed by atoms with Crippen molar-refractivity contribution >= 4 is 11.9 Å². The molecule has 21 heavy (non-hydrogen) atoms. The minimum atomic E-state index is -1.84. The normalized spacial score (nSPS) is 39.7. The van der Waals surface area contributed by atoms with Crippen LogP contribution in [-0.2, 0) is 23.8 Å². The standard InChI is InChI=1S/C12H19NO8/c1-5(15)13-8-6(16)3-12(11(18)19-2)20-9(7(17)4-14)10(8)21-12/h6-10,14,16-17H,3-4H2,1-2H3,(H,13,15)/t6-,7+,8+,9+,10+,12+/m0/s1. The molecule has 2 saturated heterocycles. The van der Waals surface area contributed by atoms with Gasteiger partial charge < -0.3 is 34.8 Å². The molecule has 0 aromatic rings. The molecule has 6 atom stereocenters. The number of hydrogen-bond acceptors (Lipinski definition) is 8. The number of carbonyl (C=O) groups excluding carboxylic acids is 2. The molecule has 0 spiro atoms. The van der Waals surface area contributed by atoms with Gasteiger partial charge >= 0.3 is 5.97 Å². The molecule has 0 aromatic heterocycles. The summed E-state index contributed by atoms with van der Waals surface area (Å²) in [6, 6.07) is -0.867. The van der Waals surface area contributed by atoms with Gasteiger partial charge in [0.05, 0.1) is 25.9 Å². The van der Waals surface area contributed by atoms with Crippen molar-refractivity contribution < 1.29 is 39.1 Å². The van der Waals surface area contributed by atoms with Gasteiger partial charge in [-0.05, 0) is 0 Å². The van der Waals surface area contributed by atoms with Crippen LogP contribution in [0.4, 0.5) is 0 Å². The van der Waals surface area contributed by atoms with Gasteiger partial charge in [0.15, 0.2) is 0 Å². The van der Waals surface area contributed by atoms with Crippen LogP contribution in [0.1, 0.15) is 13.3 Å². The number of aliphatic hydroxyl groups is 3. The highest BCUT2D eigenvalue weighted by Gasteiger charge is 2.63. The van der Waals surface area contributed by atoms with Gasteiger partial charge in [-0.1, -0.05) is 0 Å². The molecular formula is C12H19NO8. The summed E-state index contributed by atoms with van der Waals surface area (Å²) in [5.74, 6) is -3.09. The molecular weight excluding hydrogens is 286 g/mol. The smallest absolute Gasteiger partial charge is 0.366 e. The topological polar surface area (TPSA) is 135 Å². The lowest BCUT2D eigenvalue weighted by Gasteiger charge is -2.37. The number of carbonyl (C=O) groups is 2. The van der Waals surface area contributed by atoms with E-state index in [2.05, 4.69) is 10.1 Å². The number of aliphatic hydroxyl groups excluding tert-OH is 3. The van der Waals surface area contributed by atoms with Crippen LogP contribution in [-0.4, -0.2) is 77.2 Å². The Hall–Kier alpha value is -1.26. The number of amides is 1. The van der Waals surface area contributed by atoms with Crippen LogP contribution in [0.15, 0.2) is 0 Å². The second kappa shape index (κ2) is 5.85. The molecule has 0 saturated carbocycles. The fourth-order valence-corrected chi connectivity index (χ4v) is 2.75. The van der Waals surface area contributed by atoms with Gasteiger partial charge in [-0.3, -0.25) is 4.79 Å². The lowest BCUT2D eigenvalue weighted by atomic mass is 9.92. The molecule has 2 heterocycles. The fourth-order valence-electron chi connectivity index (χ4n) is 2.75. The summed E-state index contributed by atoms with van der Waals surface area (Å²) in [7, 11) is 1.14. The first kappa shape index (κ1) is 16.1. The molecule has 0 aliphatic carbocycles. The molecule has 4 N–H and O–H groups in total. The molecule has 9 nitrogen and oxygen atoms in total. The van der Waals surface area contributed by atoms with E-state index in [1.165, 1.54) is 6.92 Å². The van der Waals surface area contributed by atoms with E-state index in [1.807, 2.05) is 0 Å². The molecule has 2 aliphatic heterocycles. The van der Waals surface area contributed by atoms with Crippen molar-refractivity contribution in [1.29, 1.82) is 0 Å². The summed E-state index contributed by atoms with van der Waals surface area (Å²) in [6.45, 7) is 0.646. The maximum atomic E-state index is 11.9. The summed E-state index contributed by atoms with van der Waals surface area (Å²) in [6.07, 6.45) is -4.77. The molecule has 0 radical (unpaired) electrons. The molecule has 9 heteroatoms. The number of ether oxygens (including phenoxy) is 3. The van der Waals surface area contributed by atoms with Gasteiger partial charge in [-0.15, -0.1) is 0 Å². The third-order valence-corrected chi connectivity index (χ3v) is 3.66. The molecule has 120 valence electrons. The average Bonchev–Trinajstić information content (AvgIpc) is 2.78. The van der Waals surface area contributed by atoms with Crippen LogP contribution in [0.25, 0.3) is 0 Å². The Kier molecular flexibility index (Phi) is 4.49. The summed E-state index contributed by atoms with van der Waals surface area (Å²) in [5.41, 5.74) is 0. The number of fused-ring (bicyclic) bond motifs is 2.